The molecule has 0 saturated carbocycles. The first-order valence-corrected chi connectivity index (χ1v) is 10.7. The molecular weight excluding hydrogens is 442 g/mol. The number of halogens is 4. The lowest BCUT2D eigenvalue weighted by molar-refractivity contribution is -0.137. The van der Waals surface area contributed by atoms with Crippen molar-refractivity contribution in [2.24, 2.45) is 0 Å². The number of amides is 2. The summed E-state index contributed by atoms with van der Waals surface area (Å²) in [7, 11) is -4.10. The summed E-state index contributed by atoms with van der Waals surface area (Å²) in [4.78, 5) is 16.7. The minimum absolute atomic E-state index is 0.0184. The number of alkyl halides is 3. The predicted octanol–water partition coefficient (Wildman–Crippen LogP) is 3.75. The average Bonchev–Trinajstić information content (AvgIpc) is 2.74. The van der Waals surface area contributed by atoms with Gasteiger partial charge in [-0.2, -0.15) is 17.5 Å². The Morgan fingerprint density at radius 2 is 1.71 bits per heavy atom. The number of rotatable bonds is 5. The topological polar surface area (TPSA) is 87.7 Å². The molecule has 1 fully saturated rings. The van der Waals surface area contributed by atoms with E-state index in [9.17, 15) is 30.8 Å². The number of nitrogens with zero attached hydrogens (tertiary/aromatic N) is 1. The van der Waals surface area contributed by atoms with Crippen molar-refractivity contribution in [2.45, 2.75) is 30.0 Å². The number of urea groups is 1. The predicted molar refractivity (Wildman–Crippen MR) is 103 cm³/mol. The van der Waals surface area contributed by atoms with E-state index in [4.69, 9.17) is 4.84 Å². The maximum atomic E-state index is 12.9. The van der Waals surface area contributed by atoms with Crippen LogP contribution in [-0.4, -0.2) is 37.9 Å². The van der Waals surface area contributed by atoms with Crippen molar-refractivity contribution in [1.29, 1.82) is 0 Å². The molecule has 1 heterocycles. The number of sulfonamides is 1. The molecule has 0 aliphatic carbocycles. The highest BCUT2D eigenvalue weighted by Gasteiger charge is 2.34. The van der Waals surface area contributed by atoms with E-state index >= 15 is 0 Å². The highest BCUT2D eigenvalue weighted by atomic mass is 32.2. The van der Waals surface area contributed by atoms with Gasteiger partial charge in [0.2, 0.25) is 10.0 Å². The van der Waals surface area contributed by atoms with E-state index in [1.807, 2.05) is 0 Å². The van der Waals surface area contributed by atoms with Crippen LogP contribution in [0.25, 0.3) is 0 Å². The Hall–Kier alpha value is -2.70. The van der Waals surface area contributed by atoms with E-state index in [0.29, 0.717) is 11.8 Å². The molecule has 0 radical (unpaired) electrons. The summed E-state index contributed by atoms with van der Waals surface area (Å²) in [6.45, 7) is 0.0367. The molecule has 7 nitrogen and oxygen atoms in total. The first-order chi connectivity index (χ1) is 14.6. The van der Waals surface area contributed by atoms with E-state index in [1.54, 1.807) is 0 Å². The van der Waals surface area contributed by atoms with E-state index in [1.165, 1.54) is 24.3 Å². The second-order valence-electron chi connectivity index (χ2n) is 6.81. The minimum Gasteiger partial charge on any atom is -0.306 e. The Morgan fingerprint density at radius 1 is 1.06 bits per heavy atom. The number of carbonyl (C=O) groups excluding carboxylic acids is 1. The van der Waals surface area contributed by atoms with Gasteiger partial charge in [0, 0.05) is 18.8 Å². The van der Waals surface area contributed by atoms with Crippen LogP contribution in [0.4, 0.5) is 28.0 Å². The summed E-state index contributed by atoms with van der Waals surface area (Å²) in [5.74, 6) is -0.450. The lowest BCUT2D eigenvalue weighted by atomic mass is 10.1. The maximum absolute atomic E-state index is 12.9. The molecule has 0 unspecified atom stereocenters. The fraction of sp³-hybridized carbons (Fsp3) is 0.316. The van der Waals surface area contributed by atoms with Gasteiger partial charge in [-0.15, -0.1) is 0 Å². The fourth-order valence-corrected chi connectivity index (χ4v) is 4.52. The Balaban J connectivity index is 1.52. The van der Waals surface area contributed by atoms with Crippen molar-refractivity contribution in [3.05, 3.63) is 59.9 Å². The van der Waals surface area contributed by atoms with Gasteiger partial charge in [0.05, 0.1) is 16.6 Å². The number of hydroxylamine groups is 1. The summed E-state index contributed by atoms with van der Waals surface area (Å²) in [5, 5.41) is 2.44. The summed E-state index contributed by atoms with van der Waals surface area (Å²) in [6.07, 6.45) is -4.66. The molecule has 1 aliphatic heterocycles. The van der Waals surface area contributed by atoms with Crippen molar-refractivity contribution >= 4 is 21.7 Å². The van der Waals surface area contributed by atoms with Crippen LogP contribution >= 0.6 is 0 Å². The van der Waals surface area contributed by atoms with Crippen molar-refractivity contribution in [3.8, 4) is 0 Å². The second-order valence-corrected chi connectivity index (χ2v) is 8.75. The standard InChI is InChI=1S/C19H19F4N3O4S/c20-14-4-6-15(7-5-14)24-18(27)25-30-16-8-10-26(11-9-16)31(28,29)17-3-1-2-13(12-17)19(21,22)23/h1-7,12,16H,8-11H2,(H2,24,25,27). The van der Waals surface area contributed by atoms with Gasteiger partial charge in [-0.05, 0) is 55.3 Å². The van der Waals surface area contributed by atoms with Gasteiger partial charge >= 0.3 is 12.2 Å². The molecule has 31 heavy (non-hydrogen) atoms. The van der Waals surface area contributed by atoms with Crippen LogP contribution in [0.5, 0.6) is 0 Å². The number of piperidine rings is 1. The maximum Gasteiger partial charge on any atom is 0.416 e. The van der Waals surface area contributed by atoms with E-state index in [-0.39, 0.29) is 25.9 Å². The number of anilines is 1. The Kier molecular flexibility index (Phi) is 6.82. The molecule has 0 spiro atoms. The van der Waals surface area contributed by atoms with E-state index in [0.717, 1.165) is 22.5 Å². The normalized spacial score (nSPS) is 16.1. The van der Waals surface area contributed by atoms with E-state index < -0.39 is 44.6 Å². The molecular formula is C19H19F4N3O4S. The number of benzene rings is 2. The van der Waals surface area contributed by atoms with Crippen molar-refractivity contribution in [1.82, 2.24) is 9.79 Å². The van der Waals surface area contributed by atoms with Crippen LogP contribution in [-0.2, 0) is 21.0 Å². The Bertz CT molecular complexity index is 1020. The molecule has 2 aromatic rings. The molecule has 1 aliphatic rings. The first kappa shape index (κ1) is 23.0. The molecule has 1 saturated heterocycles. The fourth-order valence-electron chi connectivity index (χ4n) is 3.00. The molecule has 0 atom stereocenters. The lowest BCUT2D eigenvalue weighted by Gasteiger charge is -2.30. The van der Waals surface area contributed by atoms with Crippen molar-refractivity contribution < 1.29 is 35.6 Å². The third-order valence-corrected chi connectivity index (χ3v) is 6.52. The molecule has 2 amide bonds. The number of nitrogens with one attached hydrogen (secondary N) is 2. The van der Waals surface area contributed by atoms with Crippen LogP contribution < -0.4 is 10.8 Å². The summed E-state index contributed by atoms with van der Waals surface area (Å²) in [5.41, 5.74) is 1.50. The zero-order chi connectivity index (χ0) is 22.6. The lowest BCUT2D eigenvalue weighted by Crippen LogP contribution is -2.43. The third-order valence-electron chi connectivity index (χ3n) is 4.62. The monoisotopic (exact) mass is 461 g/mol. The molecule has 0 aromatic heterocycles. The molecule has 2 aromatic carbocycles. The van der Waals surface area contributed by atoms with Gasteiger partial charge < -0.3 is 5.32 Å². The average molecular weight is 461 g/mol. The van der Waals surface area contributed by atoms with Crippen molar-refractivity contribution in [3.63, 3.8) is 0 Å². The van der Waals surface area contributed by atoms with Gasteiger partial charge in [0.15, 0.2) is 0 Å². The van der Waals surface area contributed by atoms with Gasteiger partial charge in [-0.25, -0.2) is 23.1 Å². The highest BCUT2D eigenvalue weighted by molar-refractivity contribution is 7.89. The largest absolute Gasteiger partial charge is 0.416 e. The van der Waals surface area contributed by atoms with Crippen molar-refractivity contribution in [2.75, 3.05) is 18.4 Å². The van der Waals surface area contributed by atoms with Crippen LogP contribution in [0.3, 0.4) is 0 Å². The number of carbonyl (C=O) groups is 1. The summed E-state index contributed by atoms with van der Waals surface area (Å²) in [6, 6.07) is 7.99. The molecule has 3 rings (SSSR count). The molecule has 2 N–H and O–H groups in total. The number of hydrogen-bond donors (Lipinski definition) is 2. The quantitative estimate of drug-likeness (QED) is 0.525. The van der Waals surface area contributed by atoms with Crippen LogP contribution in [0.1, 0.15) is 18.4 Å². The Morgan fingerprint density at radius 3 is 2.32 bits per heavy atom. The zero-order valence-electron chi connectivity index (χ0n) is 16.0. The highest BCUT2D eigenvalue weighted by Crippen LogP contribution is 2.31. The number of hydrogen-bond acceptors (Lipinski definition) is 4. The van der Waals surface area contributed by atoms with Crippen LogP contribution in [0.15, 0.2) is 53.4 Å². The molecule has 12 heteroatoms. The summed E-state index contributed by atoms with van der Waals surface area (Å²) < 4.78 is 77.9. The zero-order valence-corrected chi connectivity index (χ0v) is 16.8. The van der Waals surface area contributed by atoms with Gasteiger partial charge in [0.25, 0.3) is 0 Å². The third kappa shape index (κ3) is 5.93. The smallest absolute Gasteiger partial charge is 0.306 e. The summed E-state index contributed by atoms with van der Waals surface area (Å²) >= 11 is 0. The van der Waals surface area contributed by atoms with Crippen LogP contribution in [0.2, 0.25) is 0 Å². The van der Waals surface area contributed by atoms with E-state index in [2.05, 4.69) is 10.8 Å². The first-order valence-electron chi connectivity index (χ1n) is 9.21. The minimum atomic E-state index is -4.65. The SMILES string of the molecule is O=C(NOC1CCN(S(=O)(=O)c2cccc(C(F)(F)F)c2)CC1)Nc1ccc(F)cc1. The van der Waals surface area contributed by atoms with Gasteiger partial charge in [-0.3, -0.25) is 4.84 Å². The van der Waals surface area contributed by atoms with Gasteiger partial charge in [-0.1, -0.05) is 6.07 Å². The molecule has 0 bridgehead atoms. The van der Waals surface area contributed by atoms with Crippen LogP contribution in [0, 0.1) is 5.82 Å². The van der Waals surface area contributed by atoms with Gasteiger partial charge in [0.1, 0.15) is 5.82 Å². The Labute approximate surface area is 176 Å². The molecule has 168 valence electrons. The second kappa shape index (κ2) is 9.20.